The third-order valence-corrected chi connectivity index (χ3v) is 2.98. The largest absolute Gasteiger partial charge is 0.478 e. The number of rotatable bonds is 2. The highest BCUT2D eigenvalue weighted by atomic mass is 16.6. The van der Waals surface area contributed by atoms with Gasteiger partial charge in [-0.25, -0.2) is 9.59 Å². The molecule has 1 fully saturated rings. The molecule has 1 amide bonds. The molecule has 2 rings (SSSR count). The van der Waals surface area contributed by atoms with Gasteiger partial charge in [-0.05, 0) is 24.6 Å². The Kier molecular flexibility index (Phi) is 2.75. The number of cyclic esters (lactones) is 1. The van der Waals surface area contributed by atoms with E-state index in [0.29, 0.717) is 13.0 Å². The smallest absolute Gasteiger partial charge is 0.407 e. The highest BCUT2D eigenvalue weighted by Crippen LogP contribution is 2.27. The second-order valence-corrected chi connectivity index (χ2v) is 4.23. The number of amides is 1. The molecule has 0 aromatic heterocycles. The molecule has 0 aliphatic carbocycles. The number of carboxylic acid groups (broad SMARTS) is 1. The van der Waals surface area contributed by atoms with Gasteiger partial charge in [-0.2, -0.15) is 0 Å². The van der Waals surface area contributed by atoms with Gasteiger partial charge in [0.2, 0.25) is 0 Å². The number of hydrogen-bond donors (Lipinski definition) is 2. The molecule has 1 saturated heterocycles. The summed E-state index contributed by atoms with van der Waals surface area (Å²) in [6.45, 7) is 2.26. The minimum Gasteiger partial charge on any atom is -0.478 e. The van der Waals surface area contributed by atoms with Crippen molar-refractivity contribution < 1.29 is 19.4 Å². The SMILES string of the molecule is CC1(c2ccc(C(=O)O)cc2)CCOC(=O)N1. The van der Waals surface area contributed by atoms with E-state index in [0.717, 1.165) is 5.56 Å². The van der Waals surface area contributed by atoms with Gasteiger partial charge in [0.15, 0.2) is 0 Å². The van der Waals surface area contributed by atoms with Gasteiger partial charge in [-0.3, -0.25) is 0 Å². The number of hydrogen-bond acceptors (Lipinski definition) is 3. The number of aromatic carboxylic acids is 1. The lowest BCUT2D eigenvalue weighted by Gasteiger charge is -2.34. The summed E-state index contributed by atoms with van der Waals surface area (Å²) in [7, 11) is 0. The molecule has 5 heteroatoms. The van der Waals surface area contributed by atoms with Crippen molar-refractivity contribution in [1.82, 2.24) is 5.32 Å². The van der Waals surface area contributed by atoms with Crippen LogP contribution in [0.15, 0.2) is 24.3 Å². The fourth-order valence-corrected chi connectivity index (χ4v) is 1.87. The minimum atomic E-state index is -0.960. The lowest BCUT2D eigenvalue weighted by molar-refractivity contribution is 0.0695. The second-order valence-electron chi connectivity index (χ2n) is 4.23. The summed E-state index contributed by atoms with van der Waals surface area (Å²) >= 11 is 0. The first kappa shape index (κ1) is 11.4. The molecule has 0 radical (unpaired) electrons. The van der Waals surface area contributed by atoms with Crippen molar-refractivity contribution >= 4 is 12.1 Å². The van der Waals surface area contributed by atoms with Gasteiger partial charge in [0.25, 0.3) is 0 Å². The van der Waals surface area contributed by atoms with Crippen molar-refractivity contribution in [3.8, 4) is 0 Å². The summed E-state index contributed by atoms with van der Waals surface area (Å²) in [4.78, 5) is 21.9. The average molecular weight is 235 g/mol. The zero-order valence-electron chi connectivity index (χ0n) is 9.40. The van der Waals surface area contributed by atoms with Gasteiger partial charge in [-0.1, -0.05) is 12.1 Å². The maximum Gasteiger partial charge on any atom is 0.407 e. The lowest BCUT2D eigenvalue weighted by Crippen LogP contribution is -2.48. The van der Waals surface area contributed by atoms with E-state index < -0.39 is 17.6 Å². The molecule has 90 valence electrons. The summed E-state index contributed by atoms with van der Waals surface area (Å²) in [5.74, 6) is -0.960. The number of ether oxygens (including phenoxy) is 1. The van der Waals surface area contributed by atoms with Crippen molar-refractivity contribution in [3.63, 3.8) is 0 Å². The predicted octanol–water partition coefficient (Wildman–Crippen LogP) is 1.73. The molecular weight excluding hydrogens is 222 g/mol. The van der Waals surface area contributed by atoms with Crippen molar-refractivity contribution in [2.24, 2.45) is 0 Å². The molecule has 1 aliphatic rings. The van der Waals surface area contributed by atoms with Crippen LogP contribution in [0.5, 0.6) is 0 Å². The van der Waals surface area contributed by atoms with Crippen molar-refractivity contribution in [3.05, 3.63) is 35.4 Å². The van der Waals surface area contributed by atoms with Crippen LogP contribution in [-0.4, -0.2) is 23.8 Å². The highest BCUT2D eigenvalue weighted by molar-refractivity contribution is 5.87. The van der Waals surface area contributed by atoms with Gasteiger partial charge in [0, 0.05) is 6.42 Å². The molecule has 0 bridgehead atoms. The first-order valence-corrected chi connectivity index (χ1v) is 5.30. The second kappa shape index (κ2) is 4.08. The van der Waals surface area contributed by atoms with Crippen LogP contribution in [-0.2, 0) is 10.3 Å². The van der Waals surface area contributed by atoms with Gasteiger partial charge in [0.05, 0.1) is 17.7 Å². The Labute approximate surface area is 98.4 Å². The van der Waals surface area contributed by atoms with Gasteiger partial charge >= 0.3 is 12.1 Å². The van der Waals surface area contributed by atoms with E-state index in [-0.39, 0.29) is 5.56 Å². The predicted molar refractivity (Wildman–Crippen MR) is 59.9 cm³/mol. The fraction of sp³-hybridized carbons (Fsp3) is 0.333. The lowest BCUT2D eigenvalue weighted by atomic mass is 9.88. The van der Waals surface area contributed by atoms with E-state index in [1.54, 1.807) is 12.1 Å². The number of carbonyl (C=O) groups is 2. The quantitative estimate of drug-likeness (QED) is 0.818. The summed E-state index contributed by atoms with van der Waals surface area (Å²) in [5, 5.41) is 11.6. The molecule has 1 aromatic carbocycles. The van der Waals surface area contributed by atoms with E-state index in [2.05, 4.69) is 5.32 Å². The Bertz CT molecular complexity index is 454. The number of carboxylic acids is 1. The van der Waals surface area contributed by atoms with Crippen LogP contribution in [0.4, 0.5) is 4.79 Å². The molecule has 1 aliphatic heterocycles. The maximum atomic E-state index is 11.2. The number of alkyl carbamates (subject to hydrolysis) is 1. The van der Waals surface area contributed by atoms with Crippen LogP contribution in [0.25, 0.3) is 0 Å². The van der Waals surface area contributed by atoms with Crippen molar-refractivity contribution in [1.29, 1.82) is 0 Å². The third kappa shape index (κ3) is 2.22. The van der Waals surface area contributed by atoms with E-state index in [4.69, 9.17) is 9.84 Å². The van der Waals surface area contributed by atoms with Crippen LogP contribution < -0.4 is 5.32 Å². The van der Waals surface area contributed by atoms with Gasteiger partial charge in [0.1, 0.15) is 0 Å². The Morgan fingerprint density at radius 1 is 1.41 bits per heavy atom. The van der Waals surface area contributed by atoms with Crippen LogP contribution in [0.3, 0.4) is 0 Å². The Morgan fingerprint density at radius 3 is 2.59 bits per heavy atom. The van der Waals surface area contributed by atoms with Crippen LogP contribution in [0.2, 0.25) is 0 Å². The number of carbonyl (C=O) groups excluding carboxylic acids is 1. The van der Waals surface area contributed by atoms with Crippen molar-refractivity contribution in [2.45, 2.75) is 18.9 Å². The molecular formula is C12H13NO4. The average Bonchev–Trinajstić information content (AvgIpc) is 2.29. The summed E-state index contributed by atoms with van der Waals surface area (Å²) in [6, 6.07) is 6.50. The molecule has 1 aromatic rings. The van der Waals surface area contributed by atoms with Crippen LogP contribution >= 0.6 is 0 Å². The van der Waals surface area contributed by atoms with E-state index >= 15 is 0 Å². The molecule has 0 spiro atoms. The summed E-state index contributed by atoms with van der Waals surface area (Å²) in [5.41, 5.74) is 0.613. The molecule has 17 heavy (non-hydrogen) atoms. The minimum absolute atomic E-state index is 0.232. The van der Waals surface area contributed by atoms with E-state index in [1.165, 1.54) is 12.1 Å². The summed E-state index contributed by atoms with van der Waals surface area (Å²) < 4.78 is 4.81. The normalized spacial score (nSPS) is 23.7. The summed E-state index contributed by atoms with van der Waals surface area (Å²) in [6.07, 6.45) is 0.214. The molecule has 5 nitrogen and oxygen atoms in total. The van der Waals surface area contributed by atoms with Crippen LogP contribution in [0.1, 0.15) is 29.3 Å². The van der Waals surface area contributed by atoms with Crippen LogP contribution in [0, 0.1) is 0 Å². The third-order valence-electron chi connectivity index (χ3n) is 2.98. The molecule has 1 atom stereocenters. The topological polar surface area (TPSA) is 75.6 Å². The molecule has 2 N–H and O–H groups in total. The first-order valence-electron chi connectivity index (χ1n) is 5.30. The Hall–Kier alpha value is -2.04. The molecule has 0 saturated carbocycles. The maximum absolute atomic E-state index is 11.2. The number of benzene rings is 1. The van der Waals surface area contributed by atoms with E-state index in [1.807, 2.05) is 6.92 Å². The van der Waals surface area contributed by atoms with Gasteiger partial charge in [-0.15, -0.1) is 0 Å². The number of nitrogens with one attached hydrogen (secondary N) is 1. The first-order chi connectivity index (χ1) is 8.01. The van der Waals surface area contributed by atoms with Gasteiger partial charge < -0.3 is 15.2 Å². The van der Waals surface area contributed by atoms with E-state index in [9.17, 15) is 9.59 Å². The fourth-order valence-electron chi connectivity index (χ4n) is 1.87. The standard InChI is InChI=1S/C12H13NO4/c1-12(6-7-17-11(16)13-12)9-4-2-8(3-5-9)10(14)15/h2-5H,6-7H2,1H3,(H,13,16)(H,14,15). The van der Waals surface area contributed by atoms with Crippen molar-refractivity contribution in [2.75, 3.05) is 6.61 Å². The zero-order chi connectivity index (χ0) is 12.5. The molecule has 1 unspecified atom stereocenters. The highest BCUT2D eigenvalue weighted by Gasteiger charge is 2.33. The Balaban J connectivity index is 2.26. The Morgan fingerprint density at radius 2 is 2.06 bits per heavy atom. The monoisotopic (exact) mass is 235 g/mol. The molecule has 1 heterocycles. The zero-order valence-corrected chi connectivity index (χ0v) is 9.40.